The molecule has 128 valence electrons. The predicted octanol–water partition coefficient (Wildman–Crippen LogP) is 1.02. The Bertz CT molecular complexity index is 1100. The molecule has 0 atom stereocenters. The van der Waals surface area contributed by atoms with Crippen LogP contribution in [-0.4, -0.2) is 26.9 Å². The number of aromatic amines is 1. The van der Waals surface area contributed by atoms with Crippen molar-refractivity contribution in [2.24, 2.45) is 0 Å². The van der Waals surface area contributed by atoms with Gasteiger partial charge in [0.05, 0.1) is 13.7 Å². The lowest BCUT2D eigenvalue weighted by molar-refractivity contribution is 0.407. The highest BCUT2D eigenvalue weighted by Crippen LogP contribution is 2.32. The molecule has 2 heterocycles. The minimum atomic E-state index is -0.646. The van der Waals surface area contributed by atoms with Crippen LogP contribution in [0.25, 0.3) is 11.1 Å². The largest absolute Gasteiger partial charge is 0.496 e. The van der Waals surface area contributed by atoms with E-state index in [1.165, 1.54) is 13.4 Å². The quantitative estimate of drug-likeness (QED) is 0.716. The van der Waals surface area contributed by atoms with Gasteiger partial charge in [0.1, 0.15) is 47.5 Å². The number of H-pyrrole nitrogens is 1. The number of hydrogen-bond donors (Lipinski definition) is 2. The maximum atomic E-state index is 12.1. The third-order valence-corrected chi connectivity index (χ3v) is 3.84. The van der Waals surface area contributed by atoms with Gasteiger partial charge in [-0.15, -0.1) is 0 Å². The van der Waals surface area contributed by atoms with Gasteiger partial charge in [-0.05, 0) is 17.7 Å². The van der Waals surface area contributed by atoms with E-state index in [9.17, 15) is 15.3 Å². The van der Waals surface area contributed by atoms with Crippen molar-refractivity contribution in [1.29, 1.82) is 10.5 Å². The van der Waals surface area contributed by atoms with Crippen molar-refractivity contribution in [1.82, 2.24) is 19.7 Å². The summed E-state index contributed by atoms with van der Waals surface area (Å²) in [4.78, 5) is 18.3. The minimum absolute atomic E-state index is 0.0398. The molecule has 3 rings (SSSR count). The number of ether oxygens (including phenoxy) is 1. The second kappa shape index (κ2) is 6.79. The molecule has 26 heavy (non-hydrogen) atoms. The van der Waals surface area contributed by atoms with Crippen LogP contribution in [0.1, 0.15) is 16.7 Å². The predicted molar refractivity (Wildman–Crippen MR) is 92.0 cm³/mol. The number of nitrogen functional groups attached to an aromatic ring is 1. The molecule has 0 aliphatic carbocycles. The Hall–Kier alpha value is -4.11. The molecule has 3 aromatic rings. The first-order chi connectivity index (χ1) is 12.6. The molecule has 9 heteroatoms. The molecular weight excluding hydrogens is 334 g/mol. The molecule has 1 aromatic carbocycles. The molecule has 0 aliphatic rings. The smallest absolute Gasteiger partial charge is 0.268 e. The third-order valence-electron chi connectivity index (χ3n) is 3.84. The van der Waals surface area contributed by atoms with Crippen LogP contribution in [-0.2, 0) is 6.54 Å². The number of anilines is 1. The molecule has 0 fully saturated rings. The number of pyridine rings is 1. The van der Waals surface area contributed by atoms with Crippen LogP contribution in [0.15, 0.2) is 35.6 Å². The summed E-state index contributed by atoms with van der Waals surface area (Å²) < 4.78 is 6.96. The lowest BCUT2D eigenvalue weighted by atomic mass is 9.95. The van der Waals surface area contributed by atoms with Crippen molar-refractivity contribution in [2.45, 2.75) is 6.54 Å². The van der Waals surface area contributed by atoms with Crippen LogP contribution in [0.5, 0.6) is 5.75 Å². The monoisotopic (exact) mass is 347 g/mol. The van der Waals surface area contributed by atoms with E-state index in [0.29, 0.717) is 17.9 Å². The van der Waals surface area contributed by atoms with Gasteiger partial charge in [-0.25, -0.2) is 9.67 Å². The highest BCUT2D eigenvalue weighted by Gasteiger charge is 2.19. The summed E-state index contributed by atoms with van der Waals surface area (Å²) in [5.41, 5.74) is 6.42. The van der Waals surface area contributed by atoms with E-state index in [1.54, 1.807) is 29.2 Å². The fraction of sp³-hybridized carbons (Fsp3) is 0.118. The molecule has 0 saturated carbocycles. The number of nitrogens with two attached hydrogens (primary N) is 1. The number of nitrogens with one attached hydrogen (secondary N) is 1. The lowest BCUT2D eigenvalue weighted by Gasteiger charge is -2.13. The first-order valence-electron chi connectivity index (χ1n) is 7.44. The van der Waals surface area contributed by atoms with Gasteiger partial charge in [0.15, 0.2) is 0 Å². The topological polar surface area (TPSA) is 146 Å². The van der Waals surface area contributed by atoms with Crippen LogP contribution < -0.4 is 16.0 Å². The molecular formula is C17H13N7O2. The number of rotatable bonds is 4. The maximum Gasteiger partial charge on any atom is 0.268 e. The average Bonchev–Trinajstić information content (AvgIpc) is 3.14. The molecule has 0 saturated heterocycles. The second-order valence-electron chi connectivity index (χ2n) is 5.34. The van der Waals surface area contributed by atoms with Crippen molar-refractivity contribution >= 4 is 5.82 Å². The first-order valence-corrected chi connectivity index (χ1v) is 7.44. The molecule has 3 N–H and O–H groups in total. The SMILES string of the molecule is COc1ccc(-c2c(C#N)c(N)[nH]c(=O)c2C#N)cc1Cn1cncn1. The Labute approximate surface area is 147 Å². The van der Waals surface area contributed by atoms with E-state index in [4.69, 9.17) is 10.5 Å². The van der Waals surface area contributed by atoms with Gasteiger partial charge in [0.2, 0.25) is 0 Å². The maximum absolute atomic E-state index is 12.1. The van der Waals surface area contributed by atoms with Crippen LogP contribution in [0, 0.1) is 22.7 Å². The van der Waals surface area contributed by atoms with E-state index in [1.807, 2.05) is 12.1 Å². The van der Waals surface area contributed by atoms with Crippen molar-refractivity contribution < 1.29 is 4.74 Å². The van der Waals surface area contributed by atoms with Gasteiger partial charge in [0, 0.05) is 11.1 Å². The van der Waals surface area contributed by atoms with Gasteiger partial charge in [-0.1, -0.05) is 6.07 Å². The van der Waals surface area contributed by atoms with E-state index in [-0.39, 0.29) is 22.5 Å². The van der Waals surface area contributed by atoms with Crippen LogP contribution in [0.4, 0.5) is 5.82 Å². The highest BCUT2D eigenvalue weighted by atomic mass is 16.5. The number of nitrogens with zero attached hydrogens (tertiary/aromatic N) is 5. The standard InChI is InChI=1S/C17H13N7O2/c1-26-14-3-2-10(4-11(14)7-24-9-21-8-22-24)15-12(5-18)16(20)23-17(25)13(15)6-19/h2-4,8-9H,7H2,1H3,(H3,20,23,25). The van der Waals surface area contributed by atoms with Gasteiger partial charge in [0.25, 0.3) is 5.56 Å². The first kappa shape index (κ1) is 16.7. The zero-order valence-corrected chi connectivity index (χ0v) is 13.7. The molecule has 0 aliphatic heterocycles. The summed E-state index contributed by atoms with van der Waals surface area (Å²) >= 11 is 0. The van der Waals surface area contributed by atoms with Gasteiger partial charge in [-0.2, -0.15) is 15.6 Å². The number of benzene rings is 1. The fourth-order valence-corrected chi connectivity index (χ4v) is 2.68. The number of aromatic nitrogens is 4. The van der Waals surface area contributed by atoms with Crippen molar-refractivity contribution in [2.75, 3.05) is 12.8 Å². The lowest BCUT2D eigenvalue weighted by Crippen LogP contribution is -2.16. The van der Waals surface area contributed by atoms with E-state index in [0.717, 1.165) is 5.56 Å². The molecule has 0 radical (unpaired) electrons. The Morgan fingerprint density at radius 3 is 2.69 bits per heavy atom. The fourth-order valence-electron chi connectivity index (χ4n) is 2.68. The summed E-state index contributed by atoms with van der Waals surface area (Å²) in [6.45, 7) is 0.361. The van der Waals surface area contributed by atoms with Gasteiger partial charge >= 0.3 is 0 Å². The molecule has 9 nitrogen and oxygen atoms in total. The van der Waals surface area contributed by atoms with Crippen molar-refractivity contribution in [3.63, 3.8) is 0 Å². The number of methoxy groups -OCH3 is 1. The van der Waals surface area contributed by atoms with Crippen LogP contribution >= 0.6 is 0 Å². The average molecular weight is 347 g/mol. The zero-order chi connectivity index (χ0) is 18.7. The minimum Gasteiger partial charge on any atom is -0.496 e. The Kier molecular flexibility index (Phi) is 4.37. The summed E-state index contributed by atoms with van der Waals surface area (Å²) in [5.74, 6) is 0.513. The van der Waals surface area contributed by atoms with Crippen molar-refractivity contribution in [3.05, 3.63) is 57.9 Å². The Morgan fingerprint density at radius 2 is 2.08 bits per heavy atom. The van der Waals surface area contributed by atoms with E-state index >= 15 is 0 Å². The summed E-state index contributed by atoms with van der Waals surface area (Å²) in [6.07, 6.45) is 2.97. The zero-order valence-electron chi connectivity index (χ0n) is 13.7. The Morgan fingerprint density at radius 1 is 1.31 bits per heavy atom. The second-order valence-corrected chi connectivity index (χ2v) is 5.34. The summed E-state index contributed by atoms with van der Waals surface area (Å²) in [6, 6.07) is 8.90. The number of hydrogen-bond acceptors (Lipinski definition) is 7. The third kappa shape index (κ3) is 2.85. The molecule has 0 amide bonds. The van der Waals surface area contributed by atoms with Crippen LogP contribution in [0.3, 0.4) is 0 Å². The van der Waals surface area contributed by atoms with Crippen molar-refractivity contribution in [3.8, 4) is 29.0 Å². The van der Waals surface area contributed by atoms with Crippen LogP contribution in [0.2, 0.25) is 0 Å². The molecule has 0 unspecified atom stereocenters. The van der Waals surface area contributed by atoms with Gasteiger partial charge < -0.3 is 15.5 Å². The highest BCUT2D eigenvalue weighted by molar-refractivity contribution is 5.80. The summed E-state index contributed by atoms with van der Waals surface area (Å²) in [5, 5.41) is 22.9. The Balaban J connectivity index is 2.24. The van der Waals surface area contributed by atoms with E-state index < -0.39 is 5.56 Å². The van der Waals surface area contributed by atoms with E-state index in [2.05, 4.69) is 15.1 Å². The normalized spacial score (nSPS) is 10.1. The molecule has 0 spiro atoms. The van der Waals surface area contributed by atoms with Gasteiger partial charge in [-0.3, -0.25) is 4.79 Å². The molecule has 0 bridgehead atoms. The summed E-state index contributed by atoms with van der Waals surface area (Å²) in [7, 11) is 1.53. The number of nitriles is 2. The molecule has 2 aromatic heterocycles.